The van der Waals surface area contributed by atoms with Gasteiger partial charge in [-0.05, 0) is 50.4 Å². The Balaban J connectivity index is 0.00000208. The summed E-state index contributed by atoms with van der Waals surface area (Å²) in [5, 5.41) is 7.03. The first-order valence-corrected chi connectivity index (χ1v) is 9.07. The number of guanidine groups is 1. The molecule has 2 aliphatic rings. The first-order chi connectivity index (χ1) is 11.3. The van der Waals surface area contributed by atoms with E-state index in [0.717, 1.165) is 43.7 Å². The molecule has 0 bridgehead atoms. The zero-order valence-corrected chi connectivity index (χ0v) is 17.2. The average molecular weight is 446 g/mol. The van der Waals surface area contributed by atoms with Gasteiger partial charge in [0.15, 0.2) is 5.96 Å². The largest absolute Gasteiger partial charge is 0.469 e. The Bertz CT molecular complexity index is 505. The maximum absolute atomic E-state index is 5.39. The Morgan fingerprint density at radius 2 is 2.29 bits per heavy atom. The zero-order chi connectivity index (χ0) is 16.1. The van der Waals surface area contributed by atoms with Crippen molar-refractivity contribution in [3.05, 3.63) is 24.2 Å². The van der Waals surface area contributed by atoms with Gasteiger partial charge < -0.3 is 15.1 Å². The molecule has 1 aromatic rings. The third-order valence-electron chi connectivity index (χ3n) is 5.04. The van der Waals surface area contributed by atoms with Crippen molar-refractivity contribution in [2.24, 2.45) is 10.9 Å². The molecule has 0 spiro atoms. The summed E-state index contributed by atoms with van der Waals surface area (Å²) in [7, 11) is 0. The fourth-order valence-corrected chi connectivity index (χ4v) is 3.33. The summed E-state index contributed by atoms with van der Waals surface area (Å²) >= 11 is 0. The molecule has 136 valence electrons. The van der Waals surface area contributed by atoms with Crippen LogP contribution in [-0.2, 0) is 6.42 Å². The first kappa shape index (κ1) is 19.6. The third kappa shape index (κ3) is 5.65. The number of furan rings is 1. The number of hydrogen-bond acceptors (Lipinski definition) is 3. The Hall–Kier alpha value is -0.760. The Kier molecular flexibility index (Phi) is 7.87. The van der Waals surface area contributed by atoms with Gasteiger partial charge in [-0.15, -0.1) is 24.0 Å². The normalized spacial score (nSPS) is 26.9. The van der Waals surface area contributed by atoms with Crippen molar-refractivity contribution in [2.75, 3.05) is 26.2 Å². The lowest BCUT2D eigenvalue weighted by Gasteiger charge is -2.21. The molecule has 0 amide bonds. The molecule has 0 aromatic carbocycles. The van der Waals surface area contributed by atoms with Gasteiger partial charge in [0.25, 0.3) is 0 Å². The molecular weight excluding hydrogens is 415 g/mol. The molecule has 24 heavy (non-hydrogen) atoms. The summed E-state index contributed by atoms with van der Waals surface area (Å²) < 4.78 is 5.39. The molecule has 1 aliphatic heterocycles. The predicted molar refractivity (Wildman–Crippen MR) is 109 cm³/mol. The first-order valence-electron chi connectivity index (χ1n) is 9.07. The molecule has 1 saturated heterocycles. The number of rotatable bonds is 7. The minimum atomic E-state index is 0. The van der Waals surface area contributed by atoms with Crippen LogP contribution in [0.2, 0.25) is 0 Å². The van der Waals surface area contributed by atoms with Gasteiger partial charge in [0, 0.05) is 25.0 Å². The van der Waals surface area contributed by atoms with Gasteiger partial charge in [0.2, 0.25) is 0 Å². The van der Waals surface area contributed by atoms with E-state index in [0.29, 0.717) is 12.1 Å². The smallest absolute Gasteiger partial charge is 0.191 e. The SMILES string of the molecule is CCN1CCCC1CN=C(NCCc1ccco1)NC1CC1C.I. The molecule has 1 aliphatic carbocycles. The van der Waals surface area contributed by atoms with E-state index in [2.05, 4.69) is 29.4 Å². The Morgan fingerprint density at radius 3 is 2.96 bits per heavy atom. The van der Waals surface area contributed by atoms with Crippen molar-refractivity contribution < 1.29 is 4.42 Å². The van der Waals surface area contributed by atoms with E-state index in [1.165, 1.54) is 25.8 Å². The highest BCUT2D eigenvalue weighted by Gasteiger charge is 2.33. The number of nitrogens with one attached hydrogen (secondary N) is 2. The van der Waals surface area contributed by atoms with Crippen LogP contribution in [0, 0.1) is 5.92 Å². The summed E-state index contributed by atoms with van der Waals surface area (Å²) in [6.45, 7) is 8.63. The van der Waals surface area contributed by atoms with Crippen molar-refractivity contribution in [1.82, 2.24) is 15.5 Å². The van der Waals surface area contributed by atoms with Crippen molar-refractivity contribution in [3.8, 4) is 0 Å². The summed E-state index contributed by atoms with van der Waals surface area (Å²) in [6, 6.07) is 5.16. The highest BCUT2D eigenvalue weighted by molar-refractivity contribution is 14.0. The van der Waals surface area contributed by atoms with Gasteiger partial charge in [-0.25, -0.2) is 0 Å². The molecule has 5 nitrogen and oxygen atoms in total. The van der Waals surface area contributed by atoms with Crippen molar-refractivity contribution >= 4 is 29.9 Å². The number of nitrogens with zero attached hydrogens (tertiary/aromatic N) is 2. The van der Waals surface area contributed by atoms with Crippen LogP contribution in [0.1, 0.15) is 38.9 Å². The van der Waals surface area contributed by atoms with Crippen LogP contribution >= 0.6 is 24.0 Å². The van der Waals surface area contributed by atoms with Gasteiger partial charge in [0.1, 0.15) is 5.76 Å². The zero-order valence-electron chi connectivity index (χ0n) is 14.8. The number of likely N-dealkylation sites (tertiary alicyclic amines) is 1. The molecular formula is C18H31IN4O. The molecule has 2 fully saturated rings. The van der Waals surface area contributed by atoms with Gasteiger partial charge in [-0.2, -0.15) is 0 Å². The maximum atomic E-state index is 5.39. The van der Waals surface area contributed by atoms with Crippen LogP contribution in [0.25, 0.3) is 0 Å². The van der Waals surface area contributed by atoms with Crippen LogP contribution in [0.15, 0.2) is 27.8 Å². The third-order valence-corrected chi connectivity index (χ3v) is 5.04. The van der Waals surface area contributed by atoms with Crippen LogP contribution in [0.3, 0.4) is 0 Å². The molecule has 2 N–H and O–H groups in total. The van der Waals surface area contributed by atoms with Gasteiger partial charge in [0.05, 0.1) is 12.8 Å². The van der Waals surface area contributed by atoms with E-state index in [9.17, 15) is 0 Å². The lowest BCUT2D eigenvalue weighted by atomic mass is 10.2. The maximum Gasteiger partial charge on any atom is 0.191 e. The summed E-state index contributed by atoms with van der Waals surface area (Å²) in [4.78, 5) is 7.40. The van der Waals surface area contributed by atoms with Crippen LogP contribution < -0.4 is 10.6 Å². The minimum Gasteiger partial charge on any atom is -0.469 e. The standard InChI is InChI=1S/C18H30N4O.HI/c1-3-22-10-4-6-15(22)13-20-18(21-17-12-14(17)2)19-9-8-16-7-5-11-23-16;/h5,7,11,14-15,17H,3-4,6,8-10,12-13H2,1-2H3,(H2,19,20,21);1H. The van der Waals surface area contributed by atoms with E-state index >= 15 is 0 Å². The predicted octanol–water partition coefficient (Wildman–Crippen LogP) is 2.87. The number of aliphatic imine (C=N–C) groups is 1. The number of hydrogen-bond donors (Lipinski definition) is 2. The minimum absolute atomic E-state index is 0. The molecule has 3 unspecified atom stereocenters. The molecule has 3 atom stereocenters. The molecule has 1 saturated carbocycles. The summed E-state index contributed by atoms with van der Waals surface area (Å²) in [5.41, 5.74) is 0. The van der Waals surface area contributed by atoms with Crippen LogP contribution in [0.5, 0.6) is 0 Å². The fraction of sp³-hybridized carbons (Fsp3) is 0.722. The number of likely N-dealkylation sites (N-methyl/N-ethyl adjacent to an activating group) is 1. The molecule has 6 heteroatoms. The van der Waals surface area contributed by atoms with Crippen LogP contribution in [-0.4, -0.2) is 49.1 Å². The molecule has 3 rings (SSSR count). The van der Waals surface area contributed by atoms with E-state index < -0.39 is 0 Å². The van der Waals surface area contributed by atoms with Crippen molar-refractivity contribution in [3.63, 3.8) is 0 Å². The number of halogens is 1. The summed E-state index contributed by atoms with van der Waals surface area (Å²) in [5.74, 6) is 2.75. The fourth-order valence-electron chi connectivity index (χ4n) is 3.33. The lowest BCUT2D eigenvalue weighted by molar-refractivity contribution is 0.273. The highest BCUT2D eigenvalue weighted by atomic mass is 127. The van der Waals surface area contributed by atoms with Crippen LogP contribution in [0.4, 0.5) is 0 Å². The highest BCUT2D eigenvalue weighted by Crippen LogP contribution is 2.28. The molecule has 0 radical (unpaired) electrons. The average Bonchev–Trinajstić information content (AvgIpc) is 3.01. The van der Waals surface area contributed by atoms with E-state index in [1.807, 2.05) is 12.1 Å². The lowest BCUT2D eigenvalue weighted by Crippen LogP contribution is -2.41. The van der Waals surface area contributed by atoms with Crippen molar-refractivity contribution in [2.45, 2.75) is 51.6 Å². The van der Waals surface area contributed by atoms with E-state index in [4.69, 9.17) is 9.41 Å². The van der Waals surface area contributed by atoms with E-state index in [-0.39, 0.29) is 24.0 Å². The second-order valence-corrected chi connectivity index (χ2v) is 6.83. The Morgan fingerprint density at radius 1 is 1.46 bits per heavy atom. The van der Waals surface area contributed by atoms with Gasteiger partial charge in [-0.1, -0.05) is 13.8 Å². The quantitative estimate of drug-likeness (QED) is 0.384. The second kappa shape index (κ2) is 9.65. The second-order valence-electron chi connectivity index (χ2n) is 6.83. The van der Waals surface area contributed by atoms with Gasteiger partial charge in [-0.3, -0.25) is 9.89 Å². The topological polar surface area (TPSA) is 52.8 Å². The molecule has 1 aromatic heterocycles. The van der Waals surface area contributed by atoms with E-state index in [1.54, 1.807) is 6.26 Å². The molecule has 2 heterocycles. The monoisotopic (exact) mass is 446 g/mol. The Labute approximate surface area is 162 Å². The van der Waals surface area contributed by atoms with Crippen molar-refractivity contribution in [1.29, 1.82) is 0 Å². The summed E-state index contributed by atoms with van der Waals surface area (Å²) in [6.07, 6.45) is 6.45. The van der Waals surface area contributed by atoms with Gasteiger partial charge >= 0.3 is 0 Å².